The highest BCUT2D eigenvalue weighted by molar-refractivity contribution is 6.11. The number of morpholine rings is 1. The smallest absolute Gasteiger partial charge is 0.323 e. The Bertz CT molecular complexity index is 1540. The number of carbonyl (C=O) groups excluding carboxylic acids is 2. The summed E-state index contributed by atoms with van der Waals surface area (Å²) in [5.41, 5.74) is -0.165. The van der Waals surface area contributed by atoms with Crippen molar-refractivity contribution in [1.29, 1.82) is 0 Å². The van der Waals surface area contributed by atoms with E-state index in [-0.39, 0.29) is 16.9 Å². The Morgan fingerprint density at radius 1 is 0.842 bits per heavy atom. The lowest BCUT2D eigenvalue weighted by molar-refractivity contribution is 0.103. The highest BCUT2D eigenvalue weighted by atomic mass is 19.2. The van der Waals surface area contributed by atoms with E-state index in [1.54, 1.807) is 12.3 Å². The fourth-order valence-electron chi connectivity index (χ4n) is 3.99. The third kappa shape index (κ3) is 5.39. The molecule has 8 nitrogen and oxygen atoms in total. The molecule has 2 heterocycles. The van der Waals surface area contributed by atoms with Crippen LogP contribution in [0.25, 0.3) is 11.0 Å². The zero-order valence-corrected chi connectivity index (χ0v) is 19.6. The number of benzene rings is 3. The minimum absolute atomic E-state index is 0.0288. The third-order valence-corrected chi connectivity index (χ3v) is 5.78. The van der Waals surface area contributed by atoms with Crippen molar-refractivity contribution in [3.8, 4) is 0 Å². The molecule has 0 bridgehead atoms. The molecule has 0 atom stereocenters. The maximum atomic E-state index is 14.7. The average Bonchev–Trinajstić information content (AvgIpc) is 2.89. The Labute approximate surface area is 213 Å². The first-order valence-electron chi connectivity index (χ1n) is 11.4. The second-order valence-electron chi connectivity index (χ2n) is 8.42. The Kier molecular flexibility index (Phi) is 6.88. The molecule has 1 fully saturated rings. The van der Waals surface area contributed by atoms with Crippen LogP contribution in [0.5, 0.6) is 0 Å². The van der Waals surface area contributed by atoms with Crippen molar-refractivity contribution < 1.29 is 31.9 Å². The van der Waals surface area contributed by atoms with Gasteiger partial charge in [-0.1, -0.05) is 0 Å². The fraction of sp³-hybridized carbons (Fsp3) is 0.154. The number of halogens is 4. The second-order valence-corrected chi connectivity index (χ2v) is 8.42. The molecule has 2 amide bonds. The van der Waals surface area contributed by atoms with E-state index < -0.39 is 40.6 Å². The molecular formula is C26H19F4N5O3. The fourth-order valence-corrected chi connectivity index (χ4v) is 3.99. The molecule has 0 aliphatic carbocycles. The number of hydrogen-bond acceptors (Lipinski definition) is 6. The van der Waals surface area contributed by atoms with Gasteiger partial charge in [-0.3, -0.25) is 9.78 Å². The standard InChI is InChI=1S/C26H19F4N5O3/c27-15-8-16(28)10-17(9-15)32-26(37)33-18-11-19(24(30)20(29)12-18)25(36)14-1-2-21-22(7-14)34-23(13-31-21)35-3-5-38-6-4-35/h1-2,7-13H,3-6H2,(H2,32,33,37). The highest BCUT2D eigenvalue weighted by Gasteiger charge is 2.21. The van der Waals surface area contributed by atoms with Gasteiger partial charge in [-0.25, -0.2) is 27.3 Å². The molecule has 0 saturated carbocycles. The van der Waals surface area contributed by atoms with Crippen LogP contribution in [0.1, 0.15) is 15.9 Å². The molecule has 1 saturated heterocycles. The van der Waals surface area contributed by atoms with Crippen molar-refractivity contribution in [1.82, 2.24) is 9.97 Å². The van der Waals surface area contributed by atoms with Crippen LogP contribution in [0.4, 0.5) is 39.5 Å². The minimum Gasteiger partial charge on any atom is -0.378 e. The van der Waals surface area contributed by atoms with Gasteiger partial charge in [0.25, 0.3) is 0 Å². The molecule has 5 rings (SSSR count). The van der Waals surface area contributed by atoms with Crippen LogP contribution < -0.4 is 15.5 Å². The molecule has 12 heteroatoms. The number of ether oxygens (including phenoxy) is 1. The largest absolute Gasteiger partial charge is 0.378 e. The number of amides is 2. The summed E-state index contributed by atoms with van der Waals surface area (Å²) < 4.78 is 61.1. The quantitative estimate of drug-likeness (QED) is 0.284. The van der Waals surface area contributed by atoms with Crippen molar-refractivity contribution in [2.45, 2.75) is 0 Å². The van der Waals surface area contributed by atoms with E-state index >= 15 is 0 Å². The van der Waals surface area contributed by atoms with Gasteiger partial charge in [-0.2, -0.15) is 0 Å². The minimum atomic E-state index is -1.40. The Morgan fingerprint density at radius 3 is 2.24 bits per heavy atom. The van der Waals surface area contributed by atoms with Crippen LogP contribution in [0.15, 0.2) is 54.7 Å². The monoisotopic (exact) mass is 525 g/mol. The van der Waals surface area contributed by atoms with E-state index in [0.717, 1.165) is 18.2 Å². The molecule has 2 N–H and O–H groups in total. The highest BCUT2D eigenvalue weighted by Crippen LogP contribution is 2.24. The number of anilines is 3. The van der Waals surface area contributed by atoms with Gasteiger partial charge in [0.2, 0.25) is 0 Å². The van der Waals surface area contributed by atoms with Crippen molar-refractivity contribution in [2.24, 2.45) is 0 Å². The molecular weight excluding hydrogens is 506 g/mol. The summed E-state index contributed by atoms with van der Waals surface area (Å²) in [7, 11) is 0. The normalized spacial score (nSPS) is 13.4. The van der Waals surface area contributed by atoms with Crippen molar-refractivity contribution in [2.75, 3.05) is 41.8 Å². The van der Waals surface area contributed by atoms with Gasteiger partial charge in [-0.05, 0) is 36.4 Å². The first kappa shape index (κ1) is 25.1. The summed E-state index contributed by atoms with van der Waals surface area (Å²) in [5, 5.41) is 4.41. The molecule has 194 valence electrons. The van der Waals surface area contributed by atoms with Crippen molar-refractivity contribution >= 4 is 40.0 Å². The van der Waals surface area contributed by atoms with Crippen LogP contribution >= 0.6 is 0 Å². The number of nitrogens with one attached hydrogen (secondary N) is 2. The van der Waals surface area contributed by atoms with Crippen LogP contribution in [0, 0.1) is 23.3 Å². The third-order valence-electron chi connectivity index (χ3n) is 5.78. The topological polar surface area (TPSA) is 96.5 Å². The summed E-state index contributed by atoms with van der Waals surface area (Å²) in [6.07, 6.45) is 1.61. The number of aromatic nitrogens is 2. The second kappa shape index (κ2) is 10.4. The number of rotatable bonds is 5. The van der Waals surface area contributed by atoms with E-state index in [9.17, 15) is 27.2 Å². The van der Waals surface area contributed by atoms with E-state index in [1.165, 1.54) is 12.1 Å². The zero-order chi connectivity index (χ0) is 26.8. The van der Waals surface area contributed by atoms with Crippen LogP contribution in [0.2, 0.25) is 0 Å². The SMILES string of the molecule is O=C(Nc1cc(F)cc(F)c1)Nc1cc(F)c(F)c(C(=O)c2ccc3ncc(N4CCOCC4)nc3c2)c1. The number of urea groups is 1. The van der Waals surface area contributed by atoms with E-state index in [0.29, 0.717) is 55.3 Å². The lowest BCUT2D eigenvalue weighted by Crippen LogP contribution is -2.36. The summed E-state index contributed by atoms with van der Waals surface area (Å²) >= 11 is 0. The number of fused-ring (bicyclic) bond motifs is 1. The predicted octanol–water partition coefficient (Wildman–Crippen LogP) is 4.90. The van der Waals surface area contributed by atoms with Crippen LogP contribution in [0.3, 0.4) is 0 Å². The maximum Gasteiger partial charge on any atom is 0.323 e. The van der Waals surface area contributed by atoms with Crippen LogP contribution in [-0.2, 0) is 4.74 Å². The summed E-state index contributed by atoms with van der Waals surface area (Å²) in [5.74, 6) is -4.87. The summed E-state index contributed by atoms with van der Waals surface area (Å²) in [4.78, 5) is 36.3. The molecule has 38 heavy (non-hydrogen) atoms. The van der Waals surface area contributed by atoms with Gasteiger partial charge < -0.3 is 20.3 Å². The molecule has 1 aliphatic heterocycles. The van der Waals surface area contributed by atoms with Crippen molar-refractivity contribution in [3.63, 3.8) is 0 Å². The van der Waals surface area contributed by atoms with E-state index in [4.69, 9.17) is 4.74 Å². The summed E-state index contributed by atoms with van der Waals surface area (Å²) in [6.45, 7) is 2.35. The van der Waals surface area contributed by atoms with Gasteiger partial charge in [0.05, 0.1) is 36.0 Å². The van der Waals surface area contributed by atoms with Gasteiger partial charge >= 0.3 is 6.03 Å². The maximum absolute atomic E-state index is 14.7. The number of nitrogens with zero attached hydrogens (tertiary/aromatic N) is 3. The molecule has 3 aromatic carbocycles. The first-order chi connectivity index (χ1) is 18.3. The lowest BCUT2D eigenvalue weighted by atomic mass is 10.0. The molecule has 1 aliphatic rings. The van der Waals surface area contributed by atoms with E-state index in [2.05, 4.69) is 20.6 Å². The number of carbonyl (C=O) groups is 2. The number of hydrogen-bond donors (Lipinski definition) is 2. The van der Waals surface area contributed by atoms with Crippen molar-refractivity contribution in [3.05, 3.63) is 89.1 Å². The Morgan fingerprint density at radius 2 is 1.53 bits per heavy atom. The zero-order valence-electron chi connectivity index (χ0n) is 19.6. The van der Waals surface area contributed by atoms with Gasteiger partial charge in [0.15, 0.2) is 17.4 Å². The average molecular weight is 525 g/mol. The molecule has 0 unspecified atom stereocenters. The molecule has 0 radical (unpaired) electrons. The molecule has 0 spiro atoms. The first-order valence-corrected chi connectivity index (χ1v) is 11.4. The Hall–Kier alpha value is -4.58. The molecule has 4 aromatic rings. The number of ketones is 1. The lowest BCUT2D eigenvalue weighted by Gasteiger charge is -2.27. The van der Waals surface area contributed by atoms with E-state index in [1.807, 2.05) is 4.90 Å². The predicted molar refractivity (Wildman–Crippen MR) is 131 cm³/mol. The van der Waals surface area contributed by atoms with Gasteiger partial charge in [0.1, 0.15) is 17.5 Å². The van der Waals surface area contributed by atoms with Gasteiger partial charge in [0, 0.05) is 42.2 Å². The van der Waals surface area contributed by atoms with Gasteiger partial charge in [-0.15, -0.1) is 0 Å². The molecule has 1 aromatic heterocycles. The Balaban J connectivity index is 1.40. The van der Waals surface area contributed by atoms with Crippen LogP contribution in [-0.4, -0.2) is 48.1 Å². The summed E-state index contributed by atoms with van der Waals surface area (Å²) in [6, 6.07) is 7.40.